The third-order valence-corrected chi connectivity index (χ3v) is 4.74. The molecule has 28 heavy (non-hydrogen) atoms. The van der Waals surface area contributed by atoms with E-state index in [1.807, 2.05) is 30.3 Å². The van der Waals surface area contributed by atoms with Crippen LogP contribution in [0.15, 0.2) is 30.3 Å². The van der Waals surface area contributed by atoms with Crippen LogP contribution in [0.1, 0.15) is 29.8 Å². The summed E-state index contributed by atoms with van der Waals surface area (Å²) in [6.07, 6.45) is 0. The molecule has 2 aromatic carbocycles. The quantitative estimate of drug-likeness (QED) is 0.751. The summed E-state index contributed by atoms with van der Waals surface area (Å²) in [7, 11) is 4.88. The standard InChI is InChI=1S/C22H27NO5/c1-22(2,12-25-3)13-28-19-16(8-9-18(26-4)20(19)27-5)14-6-7-17-15(10-14)11-23-21(17)24/h6-10H,11-13H2,1-5H3,(H,23,24). The van der Waals surface area contributed by atoms with Gasteiger partial charge in [0.1, 0.15) is 0 Å². The Balaban J connectivity index is 2.04. The van der Waals surface area contributed by atoms with Crippen LogP contribution in [0.5, 0.6) is 17.2 Å². The molecule has 1 amide bonds. The Kier molecular flexibility index (Phi) is 5.79. The summed E-state index contributed by atoms with van der Waals surface area (Å²) in [4.78, 5) is 11.9. The largest absolute Gasteiger partial charge is 0.493 e. The van der Waals surface area contributed by atoms with Crippen molar-refractivity contribution in [2.24, 2.45) is 5.41 Å². The van der Waals surface area contributed by atoms with Crippen molar-refractivity contribution in [3.8, 4) is 28.4 Å². The molecule has 3 rings (SSSR count). The van der Waals surface area contributed by atoms with Gasteiger partial charge in [-0.05, 0) is 35.4 Å². The minimum absolute atomic E-state index is 0.0355. The van der Waals surface area contributed by atoms with Crippen molar-refractivity contribution in [2.45, 2.75) is 20.4 Å². The zero-order valence-electron chi connectivity index (χ0n) is 17.0. The molecular formula is C22H27NO5. The van der Waals surface area contributed by atoms with Crippen LogP contribution in [-0.2, 0) is 11.3 Å². The Hall–Kier alpha value is -2.73. The van der Waals surface area contributed by atoms with Gasteiger partial charge in [-0.25, -0.2) is 0 Å². The normalized spacial score (nSPS) is 13.1. The van der Waals surface area contributed by atoms with Gasteiger partial charge in [0, 0.05) is 30.2 Å². The summed E-state index contributed by atoms with van der Waals surface area (Å²) >= 11 is 0. The summed E-state index contributed by atoms with van der Waals surface area (Å²) in [6.45, 7) is 5.71. The fraction of sp³-hybridized carbons (Fsp3) is 0.409. The monoisotopic (exact) mass is 385 g/mol. The number of hydrogen-bond donors (Lipinski definition) is 1. The first-order chi connectivity index (χ1) is 13.4. The highest BCUT2D eigenvalue weighted by Gasteiger charge is 2.25. The van der Waals surface area contributed by atoms with Gasteiger partial charge in [-0.15, -0.1) is 0 Å². The van der Waals surface area contributed by atoms with E-state index in [2.05, 4.69) is 19.2 Å². The van der Waals surface area contributed by atoms with E-state index in [9.17, 15) is 4.79 Å². The summed E-state index contributed by atoms with van der Waals surface area (Å²) in [5, 5.41) is 2.85. The molecule has 0 atom stereocenters. The second-order valence-electron chi connectivity index (χ2n) is 7.62. The molecule has 1 N–H and O–H groups in total. The van der Waals surface area contributed by atoms with E-state index in [4.69, 9.17) is 18.9 Å². The Labute approximate surface area is 165 Å². The second kappa shape index (κ2) is 8.10. The maximum absolute atomic E-state index is 11.9. The van der Waals surface area contributed by atoms with Gasteiger partial charge in [-0.2, -0.15) is 0 Å². The van der Waals surface area contributed by atoms with Gasteiger partial charge in [-0.1, -0.05) is 19.9 Å². The second-order valence-corrected chi connectivity index (χ2v) is 7.62. The number of carbonyl (C=O) groups excluding carboxylic acids is 1. The number of carbonyl (C=O) groups is 1. The van der Waals surface area contributed by atoms with E-state index in [-0.39, 0.29) is 11.3 Å². The minimum Gasteiger partial charge on any atom is -0.493 e. The molecule has 0 aliphatic carbocycles. The minimum atomic E-state index is -0.172. The molecule has 0 spiro atoms. The van der Waals surface area contributed by atoms with Crippen LogP contribution < -0.4 is 19.5 Å². The summed E-state index contributed by atoms with van der Waals surface area (Å²) in [5.74, 6) is 1.72. The molecule has 2 aromatic rings. The van der Waals surface area contributed by atoms with Crippen LogP contribution in [0, 0.1) is 5.41 Å². The van der Waals surface area contributed by atoms with E-state index in [1.165, 1.54) is 0 Å². The van der Waals surface area contributed by atoms with Crippen molar-refractivity contribution in [3.63, 3.8) is 0 Å². The van der Waals surface area contributed by atoms with Gasteiger partial charge >= 0.3 is 0 Å². The SMILES string of the molecule is COCC(C)(C)COc1c(-c2ccc3c(c2)CNC3=O)ccc(OC)c1OC. The molecule has 1 aliphatic heterocycles. The third kappa shape index (κ3) is 3.92. The van der Waals surface area contributed by atoms with E-state index in [0.29, 0.717) is 42.6 Å². The Bertz CT molecular complexity index is 875. The van der Waals surface area contributed by atoms with E-state index < -0.39 is 0 Å². The van der Waals surface area contributed by atoms with Gasteiger partial charge in [0.05, 0.1) is 27.4 Å². The maximum atomic E-state index is 11.9. The van der Waals surface area contributed by atoms with E-state index >= 15 is 0 Å². The number of ether oxygens (including phenoxy) is 4. The Morgan fingerprint density at radius 2 is 1.71 bits per heavy atom. The molecule has 0 saturated carbocycles. The number of methoxy groups -OCH3 is 3. The zero-order chi connectivity index (χ0) is 20.3. The first-order valence-corrected chi connectivity index (χ1v) is 9.18. The molecule has 6 nitrogen and oxygen atoms in total. The van der Waals surface area contributed by atoms with Crippen molar-refractivity contribution in [1.29, 1.82) is 0 Å². The molecule has 0 saturated heterocycles. The Morgan fingerprint density at radius 1 is 0.964 bits per heavy atom. The summed E-state index contributed by atoms with van der Waals surface area (Å²) in [5.41, 5.74) is 3.36. The predicted molar refractivity (Wildman–Crippen MR) is 107 cm³/mol. The predicted octanol–water partition coefficient (Wildman–Crippen LogP) is 3.67. The van der Waals surface area contributed by atoms with Crippen LogP contribution >= 0.6 is 0 Å². The third-order valence-electron chi connectivity index (χ3n) is 4.74. The molecule has 150 valence electrons. The van der Waals surface area contributed by atoms with E-state index in [1.54, 1.807) is 21.3 Å². The first-order valence-electron chi connectivity index (χ1n) is 9.18. The number of benzene rings is 2. The highest BCUT2D eigenvalue weighted by atomic mass is 16.5. The van der Waals surface area contributed by atoms with Crippen molar-refractivity contribution >= 4 is 5.91 Å². The van der Waals surface area contributed by atoms with Gasteiger partial charge < -0.3 is 24.3 Å². The average molecular weight is 385 g/mol. The number of rotatable bonds is 8. The highest BCUT2D eigenvalue weighted by Crippen LogP contribution is 2.45. The van der Waals surface area contributed by atoms with Gasteiger partial charge in [0.2, 0.25) is 5.75 Å². The van der Waals surface area contributed by atoms with Crippen molar-refractivity contribution in [3.05, 3.63) is 41.5 Å². The van der Waals surface area contributed by atoms with Gasteiger partial charge in [0.15, 0.2) is 11.5 Å². The summed E-state index contributed by atoms with van der Waals surface area (Å²) in [6, 6.07) is 9.60. The summed E-state index contributed by atoms with van der Waals surface area (Å²) < 4.78 is 22.6. The zero-order valence-corrected chi connectivity index (χ0v) is 17.0. The fourth-order valence-corrected chi connectivity index (χ4v) is 3.37. The fourth-order valence-electron chi connectivity index (χ4n) is 3.37. The van der Waals surface area contributed by atoms with Crippen LogP contribution in [0.3, 0.4) is 0 Å². The average Bonchev–Trinajstić information content (AvgIpc) is 3.05. The molecular weight excluding hydrogens is 358 g/mol. The van der Waals surface area contributed by atoms with Crippen molar-refractivity contribution in [2.75, 3.05) is 34.5 Å². The molecule has 0 fully saturated rings. The molecule has 6 heteroatoms. The van der Waals surface area contributed by atoms with Gasteiger partial charge in [-0.3, -0.25) is 4.79 Å². The molecule has 0 unspecified atom stereocenters. The molecule has 0 aromatic heterocycles. The first kappa shape index (κ1) is 20.0. The smallest absolute Gasteiger partial charge is 0.251 e. The van der Waals surface area contributed by atoms with Gasteiger partial charge in [0.25, 0.3) is 5.91 Å². The lowest BCUT2D eigenvalue weighted by molar-refractivity contribution is 0.0635. The number of hydrogen-bond acceptors (Lipinski definition) is 5. The molecule has 0 bridgehead atoms. The van der Waals surface area contributed by atoms with E-state index in [0.717, 1.165) is 16.7 Å². The molecule has 0 radical (unpaired) electrons. The van der Waals surface area contributed by atoms with Crippen LogP contribution in [0.2, 0.25) is 0 Å². The number of amides is 1. The molecule has 1 heterocycles. The number of fused-ring (bicyclic) bond motifs is 1. The Morgan fingerprint density at radius 3 is 2.39 bits per heavy atom. The van der Waals surface area contributed by atoms with Crippen molar-refractivity contribution < 1.29 is 23.7 Å². The lowest BCUT2D eigenvalue weighted by atomic mass is 9.96. The van der Waals surface area contributed by atoms with Crippen LogP contribution in [0.25, 0.3) is 11.1 Å². The number of nitrogens with one attached hydrogen (secondary N) is 1. The lowest BCUT2D eigenvalue weighted by Crippen LogP contribution is -2.26. The topological polar surface area (TPSA) is 66.0 Å². The molecule has 1 aliphatic rings. The lowest BCUT2D eigenvalue weighted by Gasteiger charge is -2.26. The van der Waals surface area contributed by atoms with Crippen molar-refractivity contribution in [1.82, 2.24) is 5.32 Å². The maximum Gasteiger partial charge on any atom is 0.251 e. The van der Waals surface area contributed by atoms with Crippen LogP contribution in [-0.4, -0.2) is 40.5 Å². The van der Waals surface area contributed by atoms with Crippen LogP contribution in [0.4, 0.5) is 0 Å². The highest BCUT2D eigenvalue weighted by molar-refractivity contribution is 5.99.